The molecule has 0 aromatic rings. The van der Waals surface area contributed by atoms with Gasteiger partial charge < -0.3 is 25.0 Å². The van der Waals surface area contributed by atoms with Crippen LogP contribution in [0.15, 0.2) is 47.0 Å². The minimum absolute atomic E-state index is 0.154. The molecule has 4 rings (SSSR count). The van der Waals surface area contributed by atoms with Crippen molar-refractivity contribution in [3.8, 4) is 0 Å². The quantitative estimate of drug-likeness (QED) is 0.629. The van der Waals surface area contributed by atoms with E-state index in [0.29, 0.717) is 38.0 Å². The third-order valence-corrected chi connectivity index (χ3v) is 6.14. The number of hydrogen-bond acceptors (Lipinski definition) is 5. The largest absolute Gasteiger partial charge is 0.488 e. The molecule has 0 saturated carbocycles. The Labute approximate surface area is 169 Å². The molecule has 0 aromatic heterocycles. The van der Waals surface area contributed by atoms with Gasteiger partial charge in [0.2, 0.25) is 0 Å². The van der Waals surface area contributed by atoms with Gasteiger partial charge in [0.25, 0.3) is 0 Å². The lowest BCUT2D eigenvalue weighted by Crippen LogP contribution is -2.46. The highest BCUT2D eigenvalue weighted by molar-refractivity contribution is 5.29. The molecule has 29 heavy (non-hydrogen) atoms. The average Bonchev–Trinajstić information content (AvgIpc) is 2.72. The highest BCUT2D eigenvalue weighted by Crippen LogP contribution is 2.34. The van der Waals surface area contributed by atoms with Gasteiger partial charge in [0.1, 0.15) is 30.0 Å². The Morgan fingerprint density at radius 2 is 1.90 bits per heavy atom. The van der Waals surface area contributed by atoms with E-state index in [1.54, 1.807) is 6.08 Å². The number of fused-ring (bicyclic) bond motifs is 1. The molecule has 1 fully saturated rings. The molecule has 5 nitrogen and oxygen atoms in total. The maximum absolute atomic E-state index is 13.4. The summed E-state index contributed by atoms with van der Waals surface area (Å²) in [5, 5.41) is 24.0. The summed E-state index contributed by atoms with van der Waals surface area (Å²) in [4.78, 5) is 0. The molecule has 4 aliphatic rings. The molecule has 2 aliphatic heterocycles. The van der Waals surface area contributed by atoms with Gasteiger partial charge in [-0.3, -0.25) is 0 Å². The first kappa shape index (κ1) is 20.7. The number of rotatable bonds is 6. The van der Waals surface area contributed by atoms with Crippen molar-refractivity contribution in [1.29, 1.82) is 0 Å². The van der Waals surface area contributed by atoms with Gasteiger partial charge in [-0.05, 0) is 67.6 Å². The first-order valence-corrected chi connectivity index (χ1v) is 10.5. The maximum atomic E-state index is 13.4. The van der Waals surface area contributed by atoms with E-state index >= 15 is 0 Å². The van der Waals surface area contributed by atoms with Crippen LogP contribution in [0.25, 0.3) is 0 Å². The second-order valence-electron chi connectivity index (χ2n) is 8.28. The lowest BCUT2D eigenvalue weighted by Gasteiger charge is -2.36. The Hall–Kier alpha value is -1.54. The fourth-order valence-electron chi connectivity index (χ4n) is 4.46. The molecule has 0 radical (unpaired) electrons. The second-order valence-corrected chi connectivity index (χ2v) is 8.28. The monoisotopic (exact) mass is 409 g/mol. The predicted molar refractivity (Wildman–Crippen MR) is 104 cm³/mol. The summed E-state index contributed by atoms with van der Waals surface area (Å²) in [7, 11) is 0. The predicted octanol–water partition coefficient (Wildman–Crippen LogP) is 2.76. The van der Waals surface area contributed by atoms with Gasteiger partial charge in [-0.25, -0.2) is 8.78 Å². The Kier molecular flexibility index (Phi) is 6.49. The normalized spacial score (nSPS) is 33.8. The summed E-state index contributed by atoms with van der Waals surface area (Å²) < 4.78 is 38.5. The van der Waals surface area contributed by atoms with Crippen molar-refractivity contribution in [2.75, 3.05) is 13.1 Å². The van der Waals surface area contributed by atoms with E-state index in [-0.39, 0.29) is 30.7 Å². The van der Waals surface area contributed by atoms with Gasteiger partial charge in [0.15, 0.2) is 0 Å². The molecule has 2 heterocycles. The van der Waals surface area contributed by atoms with E-state index in [1.807, 2.05) is 0 Å². The van der Waals surface area contributed by atoms with Crippen molar-refractivity contribution < 1.29 is 28.5 Å². The van der Waals surface area contributed by atoms with Gasteiger partial charge in [-0.2, -0.15) is 0 Å². The summed E-state index contributed by atoms with van der Waals surface area (Å²) in [5.41, 5.74) is 1.93. The van der Waals surface area contributed by atoms with Crippen LogP contribution in [-0.4, -0.2) is 60.0 Å². The van der Waals surface area contributed by atoms with Crippen LogP contribution in [0.4, 0.5) is 8.78 Å². The average molecular weight is 409 g/mol. The zero-order chi connectivity index (χ0) is 20.4. The van der Waals surface area contributed by atoms with Crippen LogP contribution in [-0.2, 0) is 9.47 Å². The van der Waals surface area contributed by atoms with Crippen LogP contribution >= 0.6 is 0 Å². The Morgan fingerprint density at radius 1 is 1.14 bits per heavy atom. The lowest BCUT2D eigenvalue weighted by molar-refractivity contribution is -0.0835. The van der Waals surface area contributed by atoms with E-state index < -0.39 is 18.4 Å². The van der Waals surface area contributed by atoms with Crippen LogP contribution in [0.3, 0.4) is 0 Å². The topological polar surface area (TPSA) is 71.0 Å². The smallest absolute Gasteiger partial charge is 0.126 e. The highest BCUT2D eigenvalue weighted by Gasteiger charge is 2.33. The number of alkyl halides is 1. The Morgan fingerprint density at radius 3 is 2.72 bits per heavy atom. The van der Waals surface area contributed by atoms with Gasteiger partial charge >= 0.3 is 0 Å². The number of nitrogens with one attached hydrogen (secondary N) is 1. The number of aliphatic hydroxyl groups excluding tert-OH is 2. The molecular weight excluding hydrogens is 380 g/mol. The van der Waals surface area contributed by atoms with Crippen molar-refractivity contribution in [2.24, 2.45) is 0 Å². The molecule has 0 spiro atoms. The standard InChI is InChI=1S/C22H29F2NO4/c23-15-3-7-19-13(9-15)1-5-21(28-19)17(26)11-25-12-18(27)22-6-2-14-10-16(24)4-8-20(14)29-22/h3-4,7,10,15,17-18,20-22,25-27H,1-2,5-6,8-9,11-12H2/t15?,17-,18+,20?,21-,22-/m0/s1. The van der Waals surface area contributed by atoms with Gasteiger partial charge in [0.05, 0.1) is 18.3 Å². The van der Waals surface area contributed by atoms with E-state index in [0.717, 1.165) is 24.0 Å². The molecule has 160 valence electrons. The SMILES string of the molecule is O[C@H](CNC[C@H](O)[C@@H]1CCC2=C(C=CC(F)C2)O1)[C@@H]1CCC2=CC(F)=CCC2O1. The Bertz CT molecular complexity index is 732. The summed E-state index contributed by atoms with van der Waals surface area (Å²) in [6, 6.07) is 0. The van der Waals surface area contributed by atoms with Crippen LogP contribution in [0.1, 0.15) is 38.5 Å². The van der Waals surface area contributed by atoms with E-state index in [4.69, 9.17) is 9.47 Å². The molecule has 1 saturated heterocycles. The zero-order valence-corrected chi connectivity index (χ0v) is 16.4. The first-order valence-electron chi connectivity index (χ1n) is 10.5. The summed E-state index contributed by atoms with van der Waals surface area (Å²) in [5.74, 6) is 0.474. The number of ether oxygens (including phenoxy) is 2. The van der Waals surface area contributed by atoms with Crippen molar-refractivity contribution >= 4 is 0 Å². The summed E-state index contributed by atoms with van der Waals surface area (Å²) in [6.45, 7) is 0.580. The van der Waals surface area contributed by atoms with Crippen molar-refractivity contribution in [2.45, 2.75) is 75.2 Å². The van der Waals surface area contributed by atoms with E-state index in [2.05, 4.69) is 5.32 Å². The number of allylic oxidation sites excluding steroid dienone is 5. The number of hydrogen-bond donors (Lipinski definition) is 3. The van der Waals surface area contributed by atoms with Crippen molar-refractivity contribution in [3.05, 3.63) is 47.0 Å². The molecular formula is C22H29F2NO4. The summed E-state index contributed by atoms with van der Waals surface area (Å²) >= 11 is 0. The Balaban J connectivity index is 1.20. The third-order valence-electron chi connectivity index (χ3n) is 6.14. The molecule has 0 bridgehead atoms. The van der Waals surface area contributed by atoms with E-state index in [9.17, 15) is 19.0 Å². The molecule has 7 heteroatoms. The fourth-order valence-corrected chi connectivity index (χ4v) is 4.46. The number of aliphatic hydroxyl groups is 2. The minimum Gasteiger partial charge on any atom is -0.488 e. The summed E-state index contributed by atoms with van der Waals surface area (Å²) in [6.07, 6.45) is 6.64. The minimum atomic E-state index is -0.945. The maximum Gasteiger partial charge on any atom is 0.126 e. The molecule has 2 aliphatic carbocycles. The van der Waals surface area contributed by atoms with Crippen LogP contribution in [0.5, 0.6) is 0 Å². The zero-order valence-electron chi connectivity index (χ0n) is 16.4. The molecule has 3 N–H and O–H groups in total. The van der Waals surface area contributed by atoms with Crippen LogP contribution in [0.2, 0.25) is 0 Å². The fraction of sp³-hybridized carbons (Fsp3) is 0.636. The van der Waals surface area contributed by atoms with Gasteiger partial charge in [-0.1, -0.05) is 0 Å². The van der Waals surface area contributed by atoms with Crippen molar-refractivity contribution in [1.82, 2.24) is 5.32 Å². The van der Waals surface area contributed by atoms with Crippen molar-refractivity contribution in [3.63, 3.8) is 0 Å². The van der Waals surface area contributed by atoms with Crippen LogP contribution < -0.4 is 5.32 Å². The highest BCUT2D eigenvalue weighted by atomic mass is 19.1. The molecule has 2 unspecified atom stereocenters. The lowest BCUT2D eigenvalue weighted by atomic mass is 9.90. The first-order chi connectivity index (χ1) is 14.0. The molecule has 0 aromatic carbocycles. The van der Waals surface area contributed by atoms with Gasteiger partial charge in [-0.15, -0.1) is 0 Å². The molecule has 0 amide bonds. The van der Waals surface area contributed by atoms with E-state index in [1.165, 1.54) is 18.2 Å². The van der Waals surface area contributed by atoms with Crippen LogP contribution in [0, 0.1) is 0 Å². The second kappa shape index (κ2) is 9.08. The molecule has 6 atom stereocenters. The van der Waals surface area contributed by atoms with Gasteiger partial charge in [0, 0.05) is 19.5 Å². The number of halogens is 2. The third kappa shape index (κ3) is 4.97.